The van der Waals surface area contributed by atoms with Crippen LogP contribution in [0.5, 0.6) is 0 Å². The summed E-state index contributed by atoms with van der Waals surface area (Å²) >= 11 is 0. The van der Waals surface area contributed by atoms with Crippen LogP contribution in [0.15, 0.2) is 34.9 Å². The Labute approximate surface area is 135 Å². The molecule has 132 valence electrons. The number of oxazole rings is 1. The normalized spacial score (nSPS) is 13.3. The maximum absolute atomic E-state index is 13.7. The van der Waals surface area contributed by atoms with Crippen LogP contribution in [-0.2, 0) is 17.5 Å². The van der Waals surface area contributed by atoms with Crippen molar-refractivity contribution in [3.63, 3.8) is 0 Å². The minimum absolute atomic E-state index is 0.0291. The van der Waals surface area contributed by atoms with Crippen LogP contribution in [0.25, 0.3) is 11.5 Å². The van der Waals surface area contributed by atoms with Gasteiger partial charge in [-0.25, -0.2) is 4.98 Å². The number of aromatic nitrogens is 1. The maximum Gasteiger partial charge on any atom is 0.416 e. The van der Waals surface area contributed by atoms with Gasteiger partial charge >= 0.3 is 12.3 Å². The van der Waals surface area contributed by atoms with E-state index in [1.54, 1.807) is 0 Å². The van der Waals surface area contributed by atoms with Gasteiger partial charge in [0.05, 0.1) is 17.6 Å². The van der Waals surface area contributed by atoms with Gasteiger partial charge < -0.3 is 9.15 Å². The van der Waals surface area contributed by atoms with Gasteiger partial charge in [-0.2, -0.15) is 22.0 Å². The van der Waals surface area contributed by atoms with Crippen molar-refractivity contribution in [1.82, 2.24) is 4.98 Å². The number of hydrogen-bond acceptors (Lipinski definition) is 3. The first-order valence-electron chi connectivity index (χ1n) is 7.04. The lowest BCUT2D eigenvalue weighted by atomic mass is 9.95. The Morgan fingerprint density at radius 1 is 1.00 bits per heavy atom. The molecule has 0 bridgehead atoms. The van der Waals surface area contributed by atoms with Crippen molar-refractivity contribution in [2.75, 3.05) is 0 Å². The molecule has 0 saturated heterocycles. The first-order chi connectivity index (χ1) is 10.9. The van der Waals surface area contributed by atoms with Crippen LogP contribution in [0.1, 0.15) is 32.0 Å². The average Bonchev–Trinajstić information content (AvgIpc) is 2.92. The van der Waals surface area contributed by atoms with E-state index in [9.17, 15) is 22.0 Å². The molecule has 0 aliphatic rings. The number of nitrogens with zero attached hydrogens (tertiary/aromatic N) is 1. The summed E-state index contributed by atoms with van der Waals surface area (Å²) in [5, 5.41) is 0. The third-order valence-electron chi connectivity index (χ3n) is 3.29. The minimum atomic E-state index is -4.44. The quantitative estimate of drug-likeness (QED) is 0.682. The van der Waals surface area contributed by atoms with Crippen molar-refractivity contribution in [2.45, 2.75) is 39.7 Å². The van der Waals surface area contributed by atoms with Crippen LogP contribution in [0, 0.1) is 5.41 Å². The molecule has 0 aliphatic heterocycles. The van der Waals surface area contributed by atoms with Gasteiger partial charge in [0, 0.05) is 5.56 Å². The molecule has 0 radical (unpaired) electrons. The topological polar surface area (TPSA) is 35.3 Å². The summed E-state index contributed by atoms with van der Waals surface area (Å²) in [4.78, 5) is 3.95. The van der Waals surface area contributed by atoms with Gasteiger partial charge in [-0.1, -0.05) is 20.8 Å². The maximum atomic E-state index is 13.7. The van der Waals surface area contributed by atoms with E-state index >= 15 is 0 Å². The monoisotopic (exact) mass is 349 g/mol. The lowest BCUT2D eigenvalue weighted by molar-refractivity contribution is -0.301. The molecular formula is C16H16F5NO2. The third kappa shape index (κ3) is 4.11. The second-order valence-corrected chi connectivity index (χ2v) is 6.27. The molecule has 0 atom stereocenters. The molecule has 0 aliphatic carbocycles. The number of benzene rings is 1. The van der Waals surface area contributed by atoms with Gasteiger partial charge in [0.15, 0.2) is 0 Å². The largest absolute Gasteiger partial charge is 0.444 e. The Kier molecular flexibility index (Phi) is 4.72. The molecule has 1 aromatic heterocycles. The summed E-state index contributed by atoms with van der Waals surface area (Å²) < 4.78 is 74.7. The van der Waals surface area contributed by atoms with E-state index < -0.39 is 29.9 Å². The SMILES string of the molecule is CC(C)(C)C(F)(F)OCc1coc(-c2ccc(C(F)(F)F)cc2)n1. The molecular weight excluding hydrogens is 333 g/mol. The molecule has 2 aromatic rings. The van der Waals surface area contributed by atoms with Crippen molar-refractivity contribution in [1.29, 1.82) is 0 Å². The lowest BCUT2D eigenvalue weighted by Crippen LogP contribution is -2.36. The summed E-state index contributed by atoms with van der Waals surface area (Å²) in [5.41, 5.74) is -1.76. The molecule has 1 heterocycles. The van der Waals surface area contributed by atoms with Crippen molar-refractivity contribution in [2.24, 2.45) is 5.41 Å². The zero-order valence-electron chi connectivity index (χ0n) is 13.2. The molecule has 1 aromatic carbocycles. The number of alkyl halides is 5. The van der Waals surface area contributed by atoms with Gasteiger partial charge in [-0.3, -0.25) is 0 Å². The summed E-state index contributed by atoms with van der Waals surface area (Å²) in [5.74, 6) is 0.0291. The first kappa shape index (κ1) is 18.4. The second-order valence-electron chi connectivity index (χ2n) is 6.27. The smallest absolute Gasteiger partial charge is 0.416 e. The highest BCUT2D eigenvalue weighted by Crippen LogP contribution is 2.37. The van der Waals surface area contributed by atoms with E-state index in [4.69, 9.17) is 4.42 Å². The first-order valence-corrected chi connectivity index (χ1v) is 7.04. The van der Waals surface area contributed by atoms with E-state index in [0.29, 0.717) is 5.56 Å². The molecule has 2 rings (SSSR count). The zero-order valence-corrected chi connectivity index (χ0v) is 13.2. The highest BCUT2D eigenvalue weighted by atomic mass is 19.4. The highest BCUT2D eigenvalue weighted by molar-refractivity contribution is 5.53. The fourth-order valence-electron chi connectivity index (χ4n) is 1.69. The number of ether oxygens (including phenoxy) is 1. The van der Waals surface area contributed by atoms with Crippen LogP contribution < -0.4 is 0 Å². The molecule has 8 heteroatoms. The molecule has 3 nitrogen and oxygen atoms in total. The second kappa shape index (κ2) is 6.16. The van der Waals surface area contributed by atoms with Crippen molar-refractivity contribution < 1.29 is 31.1 Å². The summed E-state index contributed by atoms with van der Waals surface area (Å²) in [6, 6.07) is 4.18. The molecule has 0 saturated carbocycles. The molecule has 0 unspecified atom stereocenters. The molecule has 24 heavy (non-hydrogen) atoms. The van der Waals surface area contributed by atoms with E-state index in [0.717, 1.165) is 18.4 Å². The zero-order chi connectivity index (χ0) is 18.2. The minimum Gasteiger partial charge on any atom is -0.444 e. The van der Waals surface area contributed by atoms with Gasteiger partial charge in [-0.05, 0) is 24.3 Å². The molecule has 0 amide bonds. The third-order valence-corrected chi connectivity index (χ3v) is 3.29. The van der Waals surface area contributed by atoms with E-state index in [1.807, 2.05) is 0 Å². The van der Waals surface area contributed by atoms with Gasteiger partial charge in [0.25, 0.3) is 0 Å². The fourth-order valence-corrected chi connectivity index (χ4v) is 1.69. The Balaban J connectivity index is 2.08. The van der Waals surface area contributed by atoms with Crippen LogP contribution >= 0.6 is 0 Å². The fraction of sp³-hybridized carbons (Fsp3) is 0.438. The van der Waals surface area contributed by atoms with Crippen LogP contribution in [0.4, 0.5) is 22.0 Å². The van der Waals surface area contributed by atoms with Crippen LogP contribution in [0.2, 0.25) is 0 Å². The Morgan fingerprint density at radius 2 is 1.58 bits per heavy atom. The molecule has 0 fully saturated rings. The van der Waals surface area contributed by atoms with E-state index in [-0.39, 0.29) is 11.6 Å². The molecule has 0 N–H and O–H groups in total. The standard InChI is InChI=1S/C16H16F5NO2/c1-14(2,3)16(20,21)24-9-12-8-23-13(22-12)10-4-6-11(7-5-10)15(17,18)19/h4-8H,9H2,1-3H3. The Hall–Kier alpha value is -1.96. The Bertz CT molecular complexity index is 684. The highest BCUT2D eigenvalue weighted by Gasteiger charge is 2.44. The summed E-state index contributed by atoms with van der Waals surface area (Å²) in [6.07, 6.45) is -6.67. The van der Waals surface area contributed by atoms with E-state index in [2.05, 4.69) is 9.72 Å². The predicted molar refractivity (Wildman–Crippen MR) is 76.1 cm³/mol. The van der Waals surface area contributed by atoms with Crippen molar-refractivity contribution in [3.05, 3.63) is 41.8 Å². The van der Waals surface area contributed by atoms with Gasteiger partial charge in [0.1, 0.15) is 12.0 Å². The predicted octanol–water partition coefficient (Wildman–Crippen LogP) is 5.52. The van der Waals surface area contributed by atoms with Crippen molar-refractivity contribution in [3.8, 4) is 11.5 Å². The number of hydrogen-bond donors (Lipinski definition) is 0. The number of rotatable bonds is 4. The van der Waals surface area contributed by atoms with Crippen LogP contribution in [-0.4, -0.2) is 11.1 Å². The lowest BCUT2D eigenvalue weighted by Gasteiger charge is -2.29. The van der Waals surface area contributed by atoms with Crippen molar-refractivity contribution >= 4 is 0 Å². The summed E-state index contributed by atoms with van der Waals surface area (Å²) in [7, 11) is 0. The number of halogens is 5. The van der Waals surface area contributed by atoms with E-state index in [1.165, 1.54) is 32.9 Å². The van der Waals surface area contributed by atoms with Gasteiger partial charge in [0.2, 0.25) is 5.89 Å². The Morgan fingerprint density at radius 3 is 2.08 bits per heavy atom. The van der Waals surface area contributed by atoms with Crippen LogP contribution in [0.3, 0.4) is 0 Å². The summed E-state index contributed by atoms with van der Waals surface area (Å²) in [6.45, 7) is 3.53. The average molecular weight is 349 g/mol. The molecule has 0 spiro atoms. The van der Waals surface area contributed by atoms with Gasteiger partial charge in [-0.15, -0.1) is 0 Å².